The van der Waals surface area contributed by atoms with Crippen molar-refractivity contribution >= 4 is 16.6 Å². The largest absolute Gasteiger partial charge is 0.256 e. The summed E-state index contributed by atoms with van der Waals surface area (Å²) in [7, 11) is 0. The molecule has 1 aromatic heterocycles. The summed E-state index contributed by atoms with van der Waals surface area (Å²) in [6.07, 6.45) is 5.19. The zero-order valence-electron chi connectivity index (χ0n) is 8.98. The van der Waals surface area contributed by atoms with E-state index >= 15 is 0 Å². The van der Waals surface area contributed by atoms with Crippen LogP contribution >= 0.6 is 0 Å². The molecule has 3 rings (SSSR count). The third-order valence-electron chi connectivity index (χ3n) is 3.24. The van der Waals surface area contributed by atoms with Gasteiger partial charge in [-0.25, -0.2) is 16.8 Å². The van der Waals surface area contributed by atoms with E-state index in [4.69, 9.17) is 11.7 Å². The molecule has 16 heavy (non-hydrogen) atoms. The average Bonchev–Trinajstić information content (AvgIpc) is 2.76. The first kappa shape index (κ1) is 9.57. The van der Waals surface area contributed by atoms with Crippen LogP contribution in [0, 0.1) is 0 Å². The monoisotopic (exact) mass is 214 g/mol. The first-order valence-electron chi connectivity index (χ1n) is 5.46. The minimum absolute atomic E-state index is 0.851. The van der Waals surface area contributed by atoms with E-state index in [-0.39, 0.29) is 0 Å². The fraction of sp³-hybridized carbons (Fsp3) is 0.250. The molecule has 0 saturated heterocycles. The van der Waals surface area contributed by atoms with Crippen LogP contribution < -0.4 is 16.8 Å². The molecule has 2 aromatic rings. The summed E-state index contributed by atoms with van der Waals surface area (Å²) < 4.78 is 0. The highest BCUT2D eigenvalue weighted by molar-refractivity contribution is 5.95. The summed E-state index contributed by atoms with van der Waals surface area (Å²) in [6.45, 7) is 0. The maximum atomic E-state index is 5.66. The molecule has 4 nitrogen and oxygen atoms in total. The Hall–Kier alpha value is -1.65. The van der Waals surface area contributed by atoms with Crippen LogP contribution in [-0.4, -0.2) is 4.98 Å². The molecule has 0 saturated carbocycles. The van der Waals surface area contributed by atoms with E-state index in [9.17, 15) is 0 Å². The SMILES string of the molecule is NN(N)c1ccnc2ccc3c(c12)CCC3. The first-order valence-corrected chi connectivity index (χ1v) is 5.46. The second-order valence-corrected chi connectivity index (χ2v) is 4.19. The summed E-state index contributed by atoms with van der Waals surface area (Å²) in [6, 6.07) is 6.08. The van der Waals surface area contributed by atoms with Crippen LogP contribution in [0.25, 0.3) is 10.9 Å². The van der Waals surface area contributed by atoms with E-state index in [1.807, 2.05) is 12.1 Å². The number of rotatable bonds is 1. The van der Waals surface area contributed by atoms with Gasteiger partial charge in [-0.2, -0.15) is 0 Å². The van der Waals surface area contributed by atoms with E-state index < -0.39 is 0 Å². The molecule has 0 spiro atoms. The van der Waals surface area contributed by atoms with Gasteiger partial charge in [-0.1, -0.05) is 6.07 Å². The number of aromatic nitrogens is 1. The molecule has 82 valence electrons. The molecule has 0 unspecified atom stereocenters. The van der Waals surface area contributed by atoms with Gasteiger partial charge >= 0.3 is 0 Å². The summed E-state index contributed by atoms with van der Waals surface area (Å²) in [4.78, 5) is 4.36. The number of nitrogens with two attached hydrogens (primary N) is 2. The Morgan fingerprint density at radius 1 is 1.12 bits per heavy atom. The number of nitrogens with zero attached hydrogens (tertiary/aromatic N) is 2. The Bertz CT molecular complexity index is 548. The number of hydrazine groups is 2. The molecule has 0 atom stereocenters. The zero-order chi connectivity index (χ0) is 11.1. The summed E-state index contributed by atoms with van der Waals surface area (Å²) >= 11 is 0. The highest BCUT2D eigenvalue weighted by Crippen LogP contribution is 2.33. The van der Waals surface area contributed by atoms with Gasteiger partial charge in [0, 0.05) is 11.6 Å². The topological polar surface area (TPSA) is 68.2 Å². The molecule has 1 aliphatic rings. The lowest BCUT2D eigenvalue weighted by Crippen LogP contribution is -2.38. The number of fused-ring (bicyclic) bond motifs is 3. The molecule has 1 heterocycles. The molecule has 0 amide bonds. The smallest absolute Gasteiger partial charge is 0.0809 e. The van der Waals surface area contributed by atoms with Crippen LogP contribution in [0.1, 0.15) is 17.5 Å². The van der Waals surface area contributed by atoms with E-state index in [1.54, 1.807) is 6.20 Å². The molecular formula is C12H14N4. The molecule has 4 heteroatoms. The number of anilines is 1. The van der Waals surface area contributed by atoms with E-state index in [0.717, 1.165) is 29.4 Å². The van der Waals surface area contributed by atoms with Crippen molar-refractivity contribution in [2.24, 2.45) is 11.7 Å². The van der Waals surface area contributed by atoms with Crippen molar-refractivity contribution in [3.8, 4) is 0 Å². The minimum atomic E-state index is 0.851. The van der Waals surface area contributed by atoms with Crippen molar-refractivity contribution in [3.05, 3.63) is 35.5 Å². The van der Waals surface area contributed by atoms with Crippen LogP contribution in [0.5, 0.6) is 0 Å². The van der Waals surface area contributed by atoms with E-state index in [2.05, 4.69) is 11.1 Å². The van der Waals surface area contributed by atoms with Crippen molar-refractivity contribution in [2.75, 3.05) is 5.12 Å². The average molecular weight is 214 g/mol. The van der Waals surface area contributed by atoms with Gasteiger partial charge in [0.05, 0.1) is 11.2 Å². The third-order valence-corrected chi connectivity index (χ3v) is 3.24. The molecule has 0 aliphatic heterocycles. The second-order valence-electron chi connectivity index (χ2n) is 4.19. The molecule has 0 fully saturated rings. The highest BCUT2D eigenvalue weighted by atomic mass is 15.6. The summed E-state index contributed by atoms with van der Waals surface area (Å²) in [5.41, 5.74) is 4.59. The van der Waals surface area contributed by atoms with Crippen LogP contribution in [0.15, 0.2) is 24.4 Å². The maximum absolute atomic E-state index is 5.66. The molecular weight excluding hydrogens is 200 g/mol. The number of hydrogen-bond donors (Lipinski definition) is 2. The van der Waals surface area contributed by atoms with Gasteiger partial charge in [-0.05, 0) is 42.5 Å². The summed E-state index contributed by atoms with van der Waals surface area (Å²) in [5.74, 6) is 11.3. The van der Waals surface area contributed by atoms with Crippen molar-refractivity contribution in [3.63, 3.8) is 0 Å². The molecule has 1 aliphatic carbocycles. The van der Waals surface area contributed by atoms with Gasteiger partial charge < -0.3 is 0 Å². The lowest BCUT2D eigenvalue weighted by Gasteiger charge is -2.16. The Labute approximate surface area is 93.8 Å². The normalized spacial score (nSPS) is 14.1. The van der Waals surface area contributed by atoms with Gasteiger partial charge in [-0.3, -0.25) is 4.98 Å². The van der Waals surface area contributed by atoms with E-state index in [1.165, 1.54) is 22.7 Å². The number of hydrogen-bond acceptors (Lipinski definition) is 4. The zero-order valence-corrected chi connectivity index (χ0v) is 8.98. The van der Waals surface area contributed by atoms with Crippen molar-refractivity contribution in [1.82, 2.24) is 4.98 Å². The quantitative estimate of drug-likeness (QED) is 0.554. The van der Waals surface area contributed by atoms with Crippen molar-refractivity contribution in [2.45, 2.75) is 19.3 Å². The lowest BCUT2D eigenvalue weighted by molar-refractivity contribution is 0.910. The Kier molecular flexibility index (Phi) is 2.05. The van der Waals surface area contributed by atoms with Crippen LogP contribution in [0.3, 0.4) is 0 Å². The minimum Gasteiger partial charge on any atom is -0.256 e. The van der Waals surface area contributed by atoms with Crippen molar-refractivity contribution in [1.29, 1.82) is 0 Å². The van der Waals surface area contributed by atoms with Crippen molar-refractivity contribution < 1.29 is 0 Å². The number of pyridine rings is 1. The molecule has 1 aromatic carbocycles. The summed E-state index contributed by atoms with van der Waals surface area (Å²) in [5, 5.41) is 2.30. The third kappa shape index (κ3) is 1.27. The van der Waals surface area contributed by atoms with Crippen LogP contribution in [-0.2, 0) is 12.8 Å². The Morgan fingerprint density at radius 2 is 2.00 bits per heavy atom. The predicted molar refractivity (Wildman–Crippen MR) is 64.6 cm³/mol. The fourth-order valence-corrected chi connectivity index (χ4v) is 2.53. The highest BCUT2D eigenvalue weighted by Gasteiger charge is 2.17. The number of aryl methyl sites for hydroxylation is 2. The predicted octanol–water partition coefficient (Wildman–Crippen LogP) is 1.28. The second kappa shape index (κ2) is 3.43. The van der Waals surface area contributed by atoms with Gasteiger partial charge in [-0.15, -0.1) is 0 Å². The molecule has 4 N–H and O–H groups in total. The fourth-order valence-electron chi connectivity index (χ4n) is 2.53. The van der Waals surface area contributed by atoms with Gasteiger partial charge in [0.15, 0.2) is 0 Å². The van der Waals surface area contributed by atoms with Gasteiger partial charge in [0.1, 0.15) is 0 Å². The lowest BCUT2D eigenvalue weighted by atomic mass is 10.0. The molecule has 0 radical (unpaired) electrons. The Balaban J connectivity index is 2.40. The number of benzene rings is 1. The Morgan fingerprint density at radius 3 is 2.81 bits per heavy atom. The van der Waals surface area contributed by atoms with E-state index in [0.29, 0.717) is 0 Å². The standard InChI is InChI=1S/C12H14N4/c13-16(14)11-6-7-15-10-5-4-8-2-1-3-9(8)12(10)11/h4-7H,1-3,13-14H2. The van der Waals surface area contributed by atoms with Gasteiger partial charge in [0.2, 0.25) is 0 Å². The first-order chi connectivity index (χ1) is 7.77. The maximum Gasteiger partial charge on any atom is 0.0809 e. The van der Waals surface area contributed by atoms with Gasteiger partial charge in [0.25, 0.3) is 0 Å². The van der Waals surface area contributed by atoms with Crippen LogP contribution in [0.4, 0.5) is 5.69 Å². The van der Waals surface area contributed by atoms with Crippen LogP contribution in [0.2, 0.25) is 0 Å². The molecule has 0 bridgehead atoms.